The van der Waals surface area contributed by atoms with E-state index in [0.717, 1.165) is 6.42 Å². The highest BCUT2D eigenvalue weighted by Gasteiger charge is 2.41. The number of imidazole rings is 1. The van der Waals surface area contributed by atoms with Crippen LogP contribution in [0, 0.1) is 17.7 Å². The minimum absolute atomic E-state index is 0.00619. The molecule has 3 atom stereocenters. The van der Waals surface area contributed by atoms with Crippen LogP contribution in [0.1, 0.15) is 51.4 Å². The lowest BCUT2D eigenvalue weighted by Gasteiger charge is -2.25. The zero-order valence-corrected chi connectivity index (χ0v) is 25.1. The van der Waals surface area contributed by atoms with Gasteiger partial charge in [0.2, 0.25) is 11.8 Å². The highest BCUT2D eigenvalue weighted by molar-refractivity contribution is 6.31. The van der Waals surface area contributed by atoms with Crippen molar-refractivity contribution < 1.29 is 23.5 Å². The molecule has 0 saturated heterocycles. The monoisotopic (exact) mass is 608 g/mol. The number of anilines is 3. The summed E-state index contributed by atoms with van der Waals surface area (Å²) in [4.78, 5) is 48.1. The molecule has 12 heteroatoms. The van der Waals surface area contributed by atoms with Crippen LogP contribution in [0.2, 0.25) is 5.02 Å². The first-order chi connectivity index (χ1) is 20.6. The first kappa shape index (κ1) is 30.1. The van der Waals surface area contributed by atoms with Crippen molar-refractivity contribution in [2.75, 3.05) is 29.7 Å². The Balaban J connectivity index is 1.45. The van der Waals surface area contributed by atoms with Crippen molar-refractivity contribution in [2.45, 2.75) is 45.6 Å². The summed E-state index contributed by atoms with van der Waals surface area (Å²) in [5, 5.41) is 8.76. The minimum atomic E-state index is -0.625. The molecule has 3 amide bonds. The number of nitrogens with one attached hydrogen (secondary N) is 4. The minimum Gasteiger partial charge on any atom is -0.453 e. The Morgan fingerprint density at radius 2 is 2.00 bits per heavy atom. The summed E-state index contributed by atoms with van der Waals surface area (Å²) < 4.78 is 19.5. The molecule has 3 aromatic rings. The molecule has 1 aliphatic heterocycles. The fourth-order valence-corrected chi connectivity index (χ4v) is 5.73. The number of benzene rings is 2. The maximum Gasteiger partial charge on any atom is 0.411 e. The van der Waals surface area contributed by atoms with E-state index < -0.39 is 18.0 Å². The molecule has 226 valence electrons. The van der Waals surface area contributed by atoms with Crippen molar-refractivity contribution in [3.63, 3.8) is 0 Å². The summed E-state index contributed by atoms with van der Waals surface area (Å²) in [6.45, 7) is 3.66. The number of hydrogen-bond donors (Lipinski definition) is 4. The molecule has 4 N–H and O–H groups in total. The van der Waals surface area contributed by atoms with Crippen LogP contribution in [0.15, 0.2) is 53.9 Å². The number of methoxy groups -OCH3 is 1. The van der Waals surface area contributed by atoms with E-state index in [4.69, 9.17) is 16.6 Å². The van der Waals surface area contributed by atoms with E-state index in [1.165, 1.54) is 13.2 Å². The highest BCUT2D eigenvalue weighted by atomic mass is 35.5. The number of aromatic amines is 1. The van der Waals surface area contributed by atoms with Gasteiger partial charge in [-0.05, 0) is 68.4 Å². The van der Waals surface area contributed by atoms with Crippen molar-refractivity contribution >= 4 is 46.6 Å². The lowest BCUT2D eigenvalue weighted by molar-refractivity contribution is -0.119. The average Bonchev–Trinajstić information content (AvgIpc) is 3.50. The van der Waals surface area contributed by atoms with Gasteiger partial charge in [-0.1, -0.05) is 24.6 Å². The standard InChI is InChI=1S/C31H34ClFN6O4/c1-5-20(16(2)39(3)26-8-6-7-22(32)28(26)33)30(41)38-24-12-17-11-18(17)13-27(40)36-23-14-19(35-31(42)43-4)9-10-21(23)25-15-34-29(24)37-25/h6-10,14-15,17-18,24H,5,11-13H2,1-4H3,(H,34,37)(H,35,42)(H,36,40)(H,38,41)/b20-16+/t17?,18?,24-/m0/s1. The Bertz CT molecular complexity index is 1600. The fourth-order valence-electron chi connectivity index (χ4n) is 5.56. The van der Waals surface area contributed by atoms with Crippen LogP contribution in [0.4, 0.5) is 26.2 Å². The van der Waals surface area contributed by atoms with Gasteiger partial charge in [0.15, 0.2) is 5.82 Å². The van der Waals surface area contributed by atoms with Crippen LogP contribution in [0.25, 0.3) is 11.3 Å². The molecule has 2 heterocycles. The second kappa shape index (κ2) is 12.5. The molecule has 1 saturated carbocycles. The lowest BCUT2D eigenvalue weighted by Crippen LogP contribution is -2.33. The molecular formula is C31H34ClFN6O4. The fraction of sp³-hybridized carbons (Fsp3) is 0.355. The quantitative estimate of drug-likeness (QED) is 0.240. The van der Waals surface area contributed by atoms with Gasteiger partial charge in [-0.25, -0.2) is 14.2 Å². The largest absolute Gasteiger partial charge is 0.453 e. The van der Waals surface area contributed by atoms with Crippen LogP contribution >= 0.6 is 11.6 Å². The molecule has 1 aliphatic carbocycles. The van der Waals surface area contributed by atoms with Crippen molar-refractivity contribution in [3.05, 3.63) is 70.5 Å². The smallest absolute Gasteiger partial charge is 0.411 e. The first-order valence-electron chi connectivity index (χ1n) is 14.1. The third-order valence-electron chi connectivity index (χ3n) is 8.15. The van der Waals surface area contributed by atoms with E-state index in [9.17, 15) is 18.8 Å². The number of aromatic nitrogens is 2. The Morgan fingerprint density at radius 3 is 2.74 bits per heavy atom. The molecule has 5 rings (SSSR count). The average molecular weight is 609 g/mol. The van der Waals surface area contributed by atoms with Crippen LogP contribution in [-0.2, 0) is 14.3 Å². The Hall–Kier alpha value is -4.38. The number of halogens is 2. The predicted molar refractivity (Wildman–Crippen MR) is 163 cm³/mol. The number of fused-ring (bicyclic) bond motifs is 5. The highest BCUT2D eigenvalue weighted by Crippen LogP contribution is 2.47. The molecule has 1 aromatic heterocycles. The van der Waals surface area contributed by atoms with Crippen LogP contribution < -0.4 is 20.9 Å². The first-order valence-corrected chi connectivity index (χ1v) is 14.5. The maximum atomic E-state index is 14.8. The van der Waals surface area contributed by atoms with Gasteiger partial charge < -0.3 is 25.3 Å². The molecule has 1 fully saturated rings. The number of carbonyl (C=O) groups excluding carboxylic acids is 3. The summed E-state index contributed by atoms with van der Waals surface area (Å²) in [6, 6.07) is 9.43. The molecular weight excluding hydrogens is 575 g/mol. The Labute approximate surface area is 254 Å². The van der Waals surface area contributed by atoms with E-state index in [1.807, 2.05) is 6.92 Å². The number of hydrogen-bond acceptors (Lipinski definition) is 6. The normalized spacial score (nSPS) is 19.8. The molecule has 0 spiro atoms. The van der Waals surface area contributed by atoms with Crippen LogP contribution in [0.5, 0.6) is 0 Å². The summed E-state index contributed by atoms with van der Waals surface area (Å²) in [5.74, 6) is 0.0249. The van der Waals surface area contributed by atoms with Crippen molar-refractivity contribution in [1.29, 1.82) is 0 Å². The zero-order chi connectivity index (χ0) is 30.8. The van der Waals surface area contributed by atoms with Gasteiger partial charge in [-0.3, -0.25) is 14.9 Å². The van der Waals surface area contributed by atoms with E-state index in [0.29, 0.717) is 59.0 Å². The SMILES string of the molecule is CC/C(C(=O)N[C@H]1CC2CC2CC(=O)Nc2cc(NC(=O)OC)ccc2-c2c[nH]c1n2)=C(/C)N(C)c1cccc(Cl)c1F. The van der Waals surface area contributed by atoms with Gasteiger partial charge in [-0.2, -0.15) is 0 Å². The topological polar surface area (TPSA) is 128 Å². The molecule has 2 bridgehead atoms. The van der Waals surface area contributed by atoms with Gasteiger partial charge in [0.25, 0.3) is 0 Å². The summed E-state index contributed by atoms with van der Waals surface area (Å²) in [5.41, 5.74) is 3.55. The van der Waals surface area contributed by atoms with E-state index >= 15 is 0 Å². The Morgan fingerprint density at radius 1 is 1.21 bits per heavy atom. The van der Waals surface area contributed by atoms with Gasteiger partial charge in [-0.15, -0.1) is 0 Å². The number of nitrogens with zero attached hydrogens (tertiary/aromatic N) is 2. The zero-order valence-electron chi connectivity index (χ0n) is 24.4. The number of ether oxygens (including phenoxy) is 1. The predicted octanol–water partition coefficient (Wildman–Crippen LogP) is 6.39. The summed E-state index contributed by atoms with van der Waals surface area (Å²) >= 11 is 6.00. The number of H-pyrrole nitrogens is 1. The van der Waals surface area contributed by atoms with Gasteiger partial charge in [0, 0.05) is 42.2 Å². The number of carbonyl (C=O) groups is 3. The number of rotatable bonds is 6. The summed E-state index contributed by atoms with van der Waals surface area (Å²) in [7, 11) is 2.97. The second-order valence-electron chi connectivity index (χ2n) is 10.9. The Kier molecular flexibility index (Phi) is 8.72. The van der Waals surface area contributed by atoms with Crippen LogP contribution in [0.3, 0.4) is 0 Å². The lowest BCUT2D eigenvalue weighted by atomic mass is 10.0. The van der Waals surface area contributed by atoms with E-state index in [-0.39, 0.29) is 34.4 Å². The third kappa shape index (κ3) is 6.51. The molecule has 43 heavy (non-hydrogen) atoms. The number of amides is 3. The van der Waals surface area contributed by atoms with Gasteiger partial charge >= 0.3 is 6.09 Å². The maximum absolute atomic E-state index is 14.8. The molecule has 2 unspecified atom stereocenters. The summed E-state index contributed by atoms with van der Waals surface area (Å²) in [6.07, 6.45) is 3.33. The van der Waals surface area contributed by atoms with E-state index in [1.54, 1.807) is 55.4 Å². The molecule has 0 radical (unpaired) electrons. The van der Waals surface area contributed by atoms with E-state index in [2.05, 4.69) is 25.7 Å². The molecule has 10 nitrogen and oxygen atoms in total. The third-order valence-corrected chi connectivity index (χ3v) is 8.44. The van der Waals surface area contributed by atoms with Gasteiger partial charge in [0.05, 0.1) is 35.2 Å². The van der Waals surface area contributed by atoms with Crippen LogP contribution in [-0.4, -0.2) is 42.0 Å². The van der Waals surface area contributed by atoms with Crippen molar-refractivity contribution in [3.8, 4) is 11.3 Å². The van der Waals surface area contributed by atoms with Crippen molar-refractivity contribution in [2.24, 2.45) is 11.8 Å². The molecule has 2 aromatic carbocycles. The van der Waals surface area contributed by atoms with Gasteiger partial charge in [0.1, 0.15) is 5.82 Å². The van der Waals surface area contributed by atoms with Crippen molar-refractivity contribution in [1.82, 2.24) is 15.3 Å². The second-order valence-corrected chi connectivity index (χ2v) is 11.3. The molecule has 2 aliphatic rings. The number of allylic oxidation sites excluding steroid dienone is 1.